The van der Waals surface area contributed by atoms with Gasteiger partial charge in [-0.1, -0.05) is 5.16 Å². The Labute approximate surface area is 189 Å². The van der Waals surface area contributed by atoms with Crippen LogP contribution in [0.2, 0.25) is 0 Å². The van der Waals surface area contributed by atoms with Gasteiger partial charge in [0.05, 0.1) is 5.39 Å². The highest BCUT2D eigenvalue weighted by Crippen LogP contribution is 2.30. The normalized spacial score (nSPS) is 22.4. The summed E-state index contributed by atoms with van der Waals surface area (Å²) in [6.07, 6.45) is 5.71. The maximum atomic E-state index is 13.8. The summed E-state index contributed by atoms with van der Waals surface area (Å²) in [5, 5.41) is 8.21. The van der Waals surface area contributed by atoms with Crippen LogP contribution in [0.3, 0.4) is 0 Å². The molecule has 2 aromatic rings. The van der Waals surface area contributed by atoms with Crippen molar-refractivity contribution in [1.29, 1.82) is 0 Å². The molecule has 0 unspecified atom stereocenters. The highest BCUT2D eigenvalue weighted by molar-refractivity contribution is 5.89. The molecule has 2 fully saturated rings. The number of nitrogens with one attached hydrogen (secondary N) is 1. The van der Waals surface area contributed by atoms with Crippen molar-refractivity contribution in [1.82, 2.24) is 15.4 Å². The van der Waals surface area contributed by atoms with Gasteiger partial charge in [-0.15, -0.1) is 0 Å². The molecular weight excluding hydrogens is 411 g/mol. The van der Waals surface area contributed by atoms with Crippen LogP contribution in [0.15, 0.2) is 16.7 Å². The van der Waals surface area contributed by atoms with Gasteiger partial charge in [0.25, 0.3) is 0 Å². The van der Waals surface area contributed by atoms with Crippen molar-refractivity contribution >= 4 is 22.7 Å². The van der Waals surface area contributed by atoms with Gasteiger partial charge in [0.15, 0.2) is 11.4 Å². The van der Waals surface area contributed by atoms with Crippen molar-refractivity contribution in [2.75, 3.05) is 50.8 Å². The molecule has 0 spiro atoms. The molecule has 0 atom stereocenters. The molecule has 0 bridgehead atoms. The van der Waals surface area contributed by atoms with E-state index in [2.05, 4.69) is 20.3 Å². The van der Waals surface area contributed by atoms with Gasteiger partial charge < -0.3 is 19.5 Å². The molecule has 2 heterocycles. The Bertz CT molecular complexity index is 902. The molecule has 32 heavy (non-hydrogen) atoms. The molecule has 1 aromatic heterocycles. The van der Waals surface area contributed by atoms with Crippen molar-refractivity contribution in [3.63, 3.8) is 0 Å². The van der Waals surface area contributed by atoms with Crippen LogP contribution in [0, 0.1) is 18.7 Å². The number of hydrogen-bond donors (Lipinski definition) is 1. The van der Waals surface area contributed by atoms with Gasteiger partial charge in [-0.05, 0) is 70.0 Å². The predicted molar refractivity (Wildman–Crippen MR) is 122 cm³/mol. The number of carbonyl (C=O) groups is 1. The fourth-order valence-corrected chi connectivity index (χ4v) is 4.89. The summed E-state index contributed by atoms with van der Waals surface area (Å²) in [6.45, 7) is 9.32. The van der Waals surface area contributed by atoms with Gasteiger partial charge in [0.2, 0.25) is 5.91 Å². The summed E-state index contributed by atoms with van der Waals surface area (Å²) in [6, 6.07) is 3.56. The van der Waals surface area contributed by atoms with Crippen LogP contribution < -0.4 is 10.2 Å². The number of aryl methyl sites for hydroxylation is 1. The lowest BCUT2D eigenvalue weighted by atomic mass is 9.84. The molecule has 1 saturated heterocycles. The Morgan fingerprint density at radius 2 is 1.97 bits per heavy atom. The van der Waals surface area contributed by atoms with Gasteiger partial charge >= 0.3 is 0 Å². The van der Waals surface area contributed by atoms with E-state index >= 15 is 0 Å². The highest BCUT2D eigenvalue weighted by Gasteiger charge is 2.25. The molecule has 2 aliphatic rings. The highest BCUT2D eigenvalue weighted by atomic mass is 19.1. The van der Waals surface area contributed by atoms with E-state index in [9.17, 15) is 9.18 Å². The number of fused-ring (bicyclic) bond motifs is 1. The molecule has 8 heteroatoms. The van der Waals surface area contributed by atoms with E-state index in [-0.39, 0.29) is 18.3 Å². The van der Waals surface area contributed by atoms with E-state index in [1.807, 2.05) is 13.0 Å². The average Bonchev–Trinajstić information content (AvgIpc) is 3.20. The van der Waals surface area contributed by atoms with E-state index < -0.39 is 0 Å². The van der Waals surface area contributed by atoms with Crippen LogP contribution in [-0.4, -0.2) is 67.9 Å². The van der Waals surface area contributed by atoms with Crippen molar-refractivity contribution in [3.05, 3.63) is 23.5 Å². The molecule has 176 valence electrons. The molecule has 1 aromatic carbocycles. The summed E-state index contributed by atoms with van der Waals surface area (Å²) < 4.78 is 24.3. The molecule has 1 amide bonds. The molecule has 1 aliphatic heterocycles. The largest absolute Gasteiger partial charge is 0.372 e. The predicted octanol–water partition coefficient (Wildman–Crippen LogP) is 3.50. The Kier molecular flexibility index (Phi) is 7.63. The van der Waals surface area contributed by atoms with Crippen LogP contribution in [0.1, 0.15) is 44.6 Å². The molecule has 1 N–H and O–H groups in total. The Balaban J connectivity index is 1.18. The minimum Gasteiger partial charge on any atom is -0.372 e. The van der Waals surface area contributed by atoms with Gasteiger partial charge in [0.1, 0.15) is 12.4 Å². The fourth-order valence-electron chi connectivity index (χ4n) is 4.89. The third kappa shape index (κ3) is 5.59. The van der Waals surface area contributed by atoms with Crippen molar-refractivity contribution < 1.29 is 18.4 Å². The third-order valence-electron chi connectivity index (χ3n) is 6.91. The van der Waals surface area contributed by atoms with Crippen LogP contribution in [0.5, 0.6) is 0 Å². The fraction of sp³-hybridized carbons (Fsp3) is 0.667. The number of carbonyl (C=O) groups excluding carboxylic acids is 1. The molecule has 1 saturated carbocycles. The van der Waals surface area contributed by atoms with Crippen LogP contribution >= 0.6 is 0 Å². The number of benzene rings is 1. The van der Waals surface area contributed by atoms with Gasteiger partial charge in [0, 0.05) is 44.9 Å². The number of amides is 1. The quantitative estimate of drug-likeness (QED) is 0.669. The first-order valence-electron chi connectivity index (χ1n) is 11.9. The summed E-state index contributed by atoms with van der Waals surface area (Å²) in [5.74, 6) is 1.32. The molecule has 1 aliphatic carbocycles. The molecule has 7 nitrogen and oxygen atoms in total. The Morgan fingerprint density at radius 1 is 1.22 bits per heavy atom. The maximum Gasteiger partial charge on any atom is 0.246 e. The maximum absolute atomic E-state index is 13.8. The first-order chi connectivity index (χ1) is 15.5. The van der Waals surface area contributed by atoms with Crippen LogP contribution in [0.4, 0.5) is 10.2 Å². The van der Waals surface area contributed by atoms with E-state index in [4.69, 9.17) is 9.26 Å². The number of nitrogens with zero attached hydrogens (tertiary/aromatic N) is 3. The summed E-state index contributed by atoms with van der Waals surface area (Å²) in [5.41, 5.74) is 1.12. The van der Waals surface area contributed by atoms with Gasteiger partial charge in [-0.2, -0.15) is 0 Å². The summed E-state index contributed by atoms with van der Waals surface area (Å²) in [4.78, 5) is 16.6. The summed E-state index contributed by atoms with van der Waals surface area (Å²) in [7, 11) is 0. The number of halogens is 1. The van der Waals surface area contributed by atoms with E-state index in [0.29, 0.717) is 23.8 Å². The van der Waals surface area contributed by atoms with E-state index in [0.717, 1.165) is 62.7 Å². The first-order valence-corrected chi connectivity index (χ1v) is 11.9. The van der Waals surface area contributed by atoms with E-state index in [1.54, 1.807) is 6.92 Å². The number of hydrogen-bond acceptors (Lipinski definition) is 6. The number of rotatable bonds is 8. The average molecular weight is 447 g/mol. The van der Waals surface area contributed by atoms with Crippen molar-refractivity contribution in [3.8, 4) is 0 Å². The van der Waals surface area contributed by atoms with Crippen molar-refractivity contribution in [2.24, 2.45) is 5.92 Å². The number of ether oxygens (including phenoxy) is 1. The molecule has 0 radical (unpaired) electrons. The monoisotopic (exact) mass is 446 g/mol. The minimum absolute atomic E-state index is 0.00774. The lowest BCUT2D eigenvalue weighted by molar-refractivity contribution is -0.126. The second-order valence-corrected chi connectivity index (χ2v) is 9.14. The molecular formula is C24H35FN4O3. The third-order valence-corrected chi connectivity index (χ3v) is 6.91. The number of piperazine rings is 1. The lowest BCUT2D eigenvalue weighted by Crippen LogP contribution is -2.47. The number of aromatic nitrogens is 1. The second kappa shape index (κ2) is 10.6. The topological polar surface area (TPSA) is 70.8 Å². The van der Waals surface area contributed by atoms with Gasteiger partial charge in [-0.25, -0.2) is 4.39 Å². The molecule has 4 rings (SSSR count). The SMILES string of the molecule is CCOCC(=O)N[C@H]1CC[C@H](CCN2CCN(c3noc4cc(F)c(C)cc34)CC2)CC1. The minimum atomic E-state index is -0.257. The van der Waals surface area contributed by atoms with Crippen LogP contribution in [-0.2, 0) is 9.53 Å². The Hall–Kier alpha value is -2.19. The van der Waals surface area contributed by atoms with Crippen LogP contribution in [0.25, 0.3) is 11.0 Å². The smallest absolute Gasteiger partial charge is 0.246 e. The summed E-state index contributed by atoms with van der Waals surface area (Å²) >= 11 is 0. The van der Waals surface area contributed by atoms with Gasteiger partial charge in [-0.3, -0.25) is 9.69 Å². The zero-order valence-electron chi connectivity index (χ0n) is 19.2. The lowest BCUT2D eigenvalue weighted by Gasteiger charge is -2.36. The zero-order chi connectivity index (χ0) is 22.5. The van der Waals surface area contributed by atoms with E-state index in [1.165, 1.54) is 25.3 Å². The standard InChI is InChI=1S/C24H35FN4O3/c1-3-31-16-23(30)26-19-6-4-18(5-7-19)8-9-28-10-12-29(13-11-28)24-20-14-17(2)21(25)15-22(20)32-27-24/h14-15,18-19H,3-13,16H2,1-2H3,(H,26,30)/t18-,19-. The second-order valence-electron chi connectivity index (χ2n) is 9.14. The Morgan fingerprint density at radius 3 is 2.69 bits per heavy atom. The zero-order valence-corrected chi connectivity index (χ0v) is 19.2. The number of anilines is 1. The first kappa shape index (κ1) is 23.0. The van der Waals surface area contributed by atoms with Crippen molar-refractivity contribution in [2.45, 2.75) is 52.0 Å².